The van der Waals surface area contributed by atoms with Crippen molar-refractivity contribution in [2.75, 3.05) is 5.73 Å². The lowest BCUT2D eigenvalue weighted by molar-refractivity contribution is 0.808. The van der Waals surface area contributed by atoms with Gasteiger partial charge in [-0.15, -0.1) is 5.11 Å². The lowest BCUT2D eigenvalue weighted by Gasteiger charge is -2.02. The molecule has 0 aliphatic carbocycles. The number of hydrogen-bond acceptors (Lipinski definition) is 5. The van der Waals surface area contributed by atoms with Gasteiger partial charge in [-0.05, 0) is 6.92 Å². The molecule has 0 fully saturated rings. The van der Waals surface area contributed by atoms with Gasteiger partial charge in [-0.2, -0.15) is 10.1 Å². The van der Waals surface area contributed by atoms with Crippen molar-refractivity contribution >= 4 is 23.4 Å². The summed E-state index contributed by atoms with van der Waals surface area (Å²) in [6, 6.07) is -0.0619. The zero-order chi connectivity index (χ0) is 8.72. The Morgan fingerprint density at radius 2 is 2.17 bits per heavy atom. The standard InChI is InChI=1S/C6H6ClN5/c1-2-3-4(7)9-6(8)10-5(3)12-11-2/h2H,1H3,(H2,8,9,10). The largest absolute Gasteiger partial charge is 0.368 e. The van der Waals surface area contributed by atoms with E-state index in [1.165, 1.54) is 0 Å². The molecule has 1 atom stereocenters. The van der Waals surface area contributed by atoms with Gasteiger partial charge in [0.25, 0.3) is 0 Å². The third-order valence-electron chi connectivity index (χ3n) is 1.64. The van der Waals surface area contributed by atoms with Crippen molar-refractivity contribution in [2.24, 2.45) is 10.2 Å². The number of nitrogen functional groups attached to an aromatic ring is 1. The number of fused-ring (bicyclic) bond motifs is 1. The van der Waals surface area contributed by atoms with Crippen LogP contribution in [0.15, 0.2) is 10.2 Å². The van der Waals surface area contributed by atoms with Gasteiger partial charge in [0.05, 0.1) is 5.56 Å². The number of nitrogens with two attached hydrogens (primary N) is 1. The van der Waals surface area contributed by atoms with E-state index in [-0.39, 0.29) is 12.0 Å². The molecular weight excluding hydrogens is 178 g/mol. The van der Waals surface area contributed by atoms with Gasteiger partial charge in [-0.3, -0.25) is 0 Å². The lowest BCUT2D eigenvalue weighted by atomic mass is 10.2. The summed E-state index contributed by atoms with van der Waals surface area (Å²) in [6.45, 7) is 1.88. The SMILES string of the molecule is CC1N=Nc2nc(N)nc(Cl)c21. The van der Waals surface area contributed by atoms with E-state index in [0.29, 0.717) is 11.0 Å². The molecule has 6 heteroatoms. The van der Waals surface area contributed by atoms with Crippen molar-refractivity contribution in [3.05, 3.63) is 10.7 Å². The van der Waals surface area contributed by atoms with Crippen LogP contribution in [0.3, 0.4) is 0 Å². The van der Waals surface area contributed by atoms with Gasteiger partial charge in [0, 0.05) is 0 Å². The smallest absolute Gasteiger partial charge is 0.223 e. The molecule has 12 heavy (non-hydrogen) atoms. The van der Waals surface area contributed by atoms with Gasteiger partial charge < -0.3 is 5.73 Å². The zero-order valence-corrected chi connectivity index (χ0v) is 7.08. The van der Waals surface area contributed by atoms with Crippen LogP contribution < -0.4 is 5.73 Å². The lowest BCUT2D eigenvalue weighted by Crippen LogP contribution is -1.98. The molecule has 1 aliphatic heterocycles. The molecule has 0 aromatic carbocycles. The topological polar surface area (TPSA) is 76.5 Å². The van der Waals surface area contributed by atoms with Gasteiger partial charge in [0.1, 0.15) is 11.2 Å². The van der Waals surface area contributed by atoms with E-state index < -0.39 is 0 Å². The summed E-state index contributed by atoms with van der Waals surface area (Å²) in [4.78, 5) is 7.69. The molecule has 1 aliphatic rings. The minimum atomic E-state index is -0.0619. The van der Waals surface area contributed by atoms with Crippen LogP contribution in [0, 0.1) is 0 Å². The van der Waals surface area contributed by atoms with Crippen molar-refractivity contribution in [3.8, 4) is 0 Å². The maximum Gasteiger partial charge on any atom is 0.223 e. The summed E-state index contributed by atoms with van der Waals surface area (Å²) in [5, 5.41) is 8.04. The normalized spacial score (nSPS) is 19.7. The van der Waals surface area contributed by atoms with E-state index in [0.717, 1.165) is 5.56 Å². The van der Waals surface area contributed by atoms with Crippen molar-refractivity contribution in [1.29, 1.82) is 0 Å². The fourth-order valence-electron chi connectivity index (χ4n) is 1.08. The van der Waals surface area contributed by atoms with Crippen molar-refractivity contribution < 1.29 is 0 Å². The molecule has 0 spiro atoms. The number of rotatable bonds is 0. The van der Waals surface area contributed by atoms with E-state index in [4.69, 9.17) is 17.3 Å². The van der Waals surface area contributed by atoms with Crippen molar-refractivity contribution in [3.63, 3.8) is 0 Å². The van der Waals surface area contributed by atoms with Crippen LogP contribution in [0.4, 0.5) is 11.8 Å². The number of nitrogens with zero attached hydrogens (tertiary/aromatic N) is 4. The second-order valence-corrected chi connectivity index (χ2v) is 2.86. The molecule has 1 aromatic rings. The molecule has 0 radical (unpaired) electrons. The van der Waals surface area contributed by atoms with Gasteiger partial charge in [0.2, 0.25) is 5.95 Å². The van der Waals surface area contributed by atoms with Crippen LogP contribution in [0.5, 0.6) is 0 Å². The Bertz CT molecular complexity index is 361. The Labute approximate surface area is 73.7 Å². The third kappa shape index (κ3) is 0.937. The molecular formula is C6H6ClN5. The number of azo groups is 1. The summed E-state index contributed by atoms with van der Waals surface area (Å²) >= 11 is 5.82. The maximum absolute atomic E-state index is 5.82. The average Bonchev–Trinajstić information content (AvgIpc) is 2.31. The molecule has 2 rings (SSSR count). The van der Waals surface area contributed by atoms with Crippen LogP contribution in [-0.2, 0) is 0 Å². The van der Waals surface area contributed by atoms with Crippen LogP contribution in [0.1, 0.15) is 18.5 Å². The fraction of sp³-hybridized carbons (Fsp3) is 0.333. The predicted octanol–water partition coefficient (Wildman–Crippen LogP) is 1.87. The average molecular weight is 184 g/mol. The highest BCUT2D eigenvalue weighted by Crippen LogP contribution is 2.37. The highest BCUT2D eigenvalue weighted by Gasteiger charge is 2.22. The van der Waals surface area contributed by atoms with Gasteiger partial charge in [-0.25, -0.2) is 4.98 Å². The zero-order valence-electron chi connectivity index (χ0n) is 6.32. The summed E-state index contributed by atoms with van der Waals surface area (Å²) < 4.78 is 0. The molecule has 1 unspecified atom stereocenters. The molecule has 2 N–H and O–H groups in total. The Hall–Kier alpha value is -1.23. The van der Waals surface area contributed by atoms with E-state index in [1.54, 1.807) is 0 Å². The van der Waals surface area contributed by atoms with Gasteiger partial charge in [0.15, 0.2) is 5.82 Å². The van der Waals surface area contributed by atoms with E-state index in [2.05, 4.69) is 20.2 Å². The Morgan fingerprint density at radius 3 is 2.92 bits per heavy atom. The summed E-state index contributed by atoms with van der Waals surface area (Å²) in [6.07, 6.45) is 0. The number of aromatic nitrogens is 2. The first-order valence-electron chi connectivity index (χ1n) is 3.42. The van der Waals surface area contributed by atoms with Crippen molar-refractivity contribution in [1.82, 2.24) is 9.97 Å². The number of halogens is 1. The fourth-order valence-corrected chi connectivity index (χ4v) is 1.41. The van der Waals surface area contributed by atoms with Crippen molar-refractivity contribution in [2.45, 2.75) is 13.0 Å². The predicted molar refractivity (Wildman–Crippen MR) is 44.4 cm³/mol. The van der Waals surface area contributed by atoms with Crippen LogP contribution in [0.2, 0.25) is 5.15 Å². The number of anilines is 1. The first kappa shape index (κ1) is 7.42. The second kappa shape index (κ2) is 2.38. The highest BCUT2D eigenvalue weighted by molar-refractivity contribution is 6.30. The number of hydrogen-bond donors (Lipinski definition) is 1. The van der Waals surface area contributed by atoms with E-state index in [9.17, 15) is 0 Å². The summed E-state index contributed by atoms with van der Waals surface area (Å²) in [5.41, 5.74) is 6.12. The molecule has 0 saturated carbocycles. The van der Waals surface area contributed by atoms with E-state index >= 15 is 0 Å². The summed E-state index contributed by atoms with van der Waals surface area (Å²) in [5.74, 6) is 0.617. The molecule has 0 amide bonds. The molecule has 62 valence electrons. The summed E-state index contributed by atoms with van der Waals surface area (Å²) in [7, 11) is 0. The minimum absolute atomic E-state index is 0.0619. The monoisotopic (exact) mass is 183 g/mol. The van der Waals surface area contributed by atoms with Crippen LogP contribution in [0.25, 0.3) is 0 Å². The molecule has 0 saturated heterocycles. The maximum atomic E-state index is 5.82. The first-order chi connectivity index (χ1) is 5.68. The minimum Gasteiger partial charge on any atom is -0.368 e. The van der Waals surface area contributed by atoms with Gasteiger partial charge >= 0.3 is 0 Å². The molecule has 2 heterocycles. The van der Waals surface area contributed by atoms with Crippen LogP contribution in [-0.4, -0.2) is 9.97 Å². The van der Waals surface area contributed by atoms with Gasteiger partial charge in [-0.1, -0.05) is 11.6 Å². The van der Waals surface area contributed by atoms with Crippen LogP contribution >= 0.6 is 11.6 Å². The Kier molecular flexibility index (Phi) is 1.47. The van der Waals surface area contributed by atoms with E-state index in [1.807, 2.05) is 6.92 Å². The third-order valence-corrected chi connectivity index (χ3v) is 1.93. The Morgan fingerprint density at radius 1 is 1.42 bits per heavy atom. The molecule has 1 aromatic heterocycles. The second-order valence-electron chi connectivity index (χ2n) is 2.50. The quantitative estimate of drug-likeness (QED) is 0.624. The molecule has 0 bridgehead atoms. The highest BCUT2D eigenvalue weighted by atomic mass is 35.5. The first-order valence-corrected chi connectivity index (χ1v) is 3.80. The molecule has 5 nitrogen and oxygen atoms in total. The Balaban J connectivity index is 2.66.